The Labute approximate surface area is 84.0 Å². The number of hydrogen-bond donors (Lipinski definition) is 1. The van der Waals surface area contributed by atoms with Crippen LogP contribution in [0.3, 0.4) is 0 Å². The highest BCUT2D eigenvalue weighted by Gasteiger charge is 2.24. The van der Waals surface area contributed by atoms with Crippen molar-refractivity contribution in [2.75, 3.05) is 13.7 Å². The molecular formula is C11H15NO2. The van der Waals surface area contributed by atoms with Crippen LogP contribution in [0, 0.1) is 0 Å². The fourth-order valence-electron chi connectivity index (χ4n) is 1.47. The standard InChI is InChI=1S/C11H15NO2/c1-8(12-2)11-7-13-9-5-3-4-6-10(9)14-11/h3-6,8,11-12H,7H2,1-2H3. The molecule has 76 valence electrons. The largest absolute Gasteiger partial charge is 0.486 e. The Morgan fingerprint density at radius 3 is 2.79 bits per heavy atom. The van der Waals surface area contributed by atoms with Gasteiger partial charge in [0, 0.05) is 6.04 Å². The summed E-state index contributed by atoms with van der Waals surface area (Å²) in [5, 5.41) is 3.16. The number of para-hydroxylation sites is 2. The lowest BCUT2D eigenvalue weighted by atomic mass is 10.2. The molecule has 1 aliphatic rings. The molecule has 1 N–H and O–H groups in total. The van der Waals surface area contributed by atoms with E-state index in [-0.39, 0.29) is 6.10 Å². The first-order valence-corrected chi connectivity index (χ1v) is 4.87. The van der Waals surface area contributed by atoms with Gasteiger partial charge in [-0.3, -0.25) is 0 Å². The van der Waals surface area contributed by atoms with Gasteiger partial charge < -0.3 is 14.8 Å². The van der Waals surface area contributed by atoms with Crippen LogP contribution in [0.25, 0.3) is 0 Å². The fraction of sp³-hybridized carbons (Fsp3) is 0.455. The van der Waals surface area contributed by atoms with Crippen molar-refractivity contribution in [1.29, 1.82) is 0 Å². The van der Waals surface area contributed by atoms with Crippen molar-refractivity contribution >= 4 is 0 Å². The Bertz CT molecular complexity index is 314. The summed E-state index contributed by atoms with van der Waals surface area (Å²) in [5.74, 6) is 1.68. The summed E-state index contributed by atoms with van der Waals surface area (Å²) in [4.78, 5) is 0. The minimum Gasteiger partial charge on any atom is -0.486 e. The predicted octanol–water partition coefficient (Wildman–Crippen LogP) is 1.43. The highest BCUT2D eigenvalue weighted by Crippen LogP contribution is 2.31. The van der Waals surface area contributed by atoms with E-state index in [9.17, 15) is 0 Å². The van der Waals surface area contributed by atoms with Crippen molar-refractivity contribution in [2.24, 2.45) is 0 Å². The molecule has 0 radical (unpaired) electrons. The highest BCUT2D eigenvalue weighted by atomic mass is 16.6. The second-order valence-electron chi connectivity index (χ2n) is 3.49. The van der Waals surface area contributed by atoms with Gasteiger partial charge in [-0.2, -0.15) is 0 Å². The molecule has 1 aromatic carbocycles. The van der Waals surface area contributed by atoms with E-state index in [1.807, 2.05) is 31.3 Å². The first-order chi connectivity index (χ1) is 6.81. The van der Waals surface area contributed by atoms with Gasteiger partial charge in [-0.25, -0.2) is 0 Å². The van der Waals surface area contributed by atoms with E-state index in [2.05, 4.69) is 12.2 Å². The zero-order chi connectivity index (χ0) is 9.97. The van der Waals surface area contributed by atoms with Crippen LogP contribution >= 0.6 is 0 Å². The lowest BCUT2D eigenvalue weighted by Gasteiger charge is -2.30. The molecule has 1 heterocycles. The second-order valence-corrected chi connectivity index (χ2v) is 3.49. The number of nitrogens with one attached hydrogen (secondary N) is 1. The van der Waals surface area contributed by atoms with Crippen molar-refractivity contribution in [1.82, 2.24) is 5.32 Å². The third kappa shape index (κ3) is 1.68. The molecule has 0 fully saturated rings. The van der Waals surface area contributed by atoms with Crippen molar-refractivity contribution in [3.63, 3.8) is 0 Å². The summed E-state index contributed by atoms with van der Waals surface area (Å²) in [6.07, 6.45) is 0.0925. The van der Waals surface area contributed by atoms with Crippen LogP contribution in [0.4, 0.5) is 0 Å². The van der Waals surface area contributed by atoms with Gasteiger partial charge in [0.15, 0.2) is 11.5 Å². The third-order valence-electron chi connectivity index (χ3n) is 2.54. The van der Waals surface area contributed by atoms with Gasteiger partial charge in [0.05, 0.1) is 0 Å². The first kappa shape index (κ1) is 9.34. The van der Waals surface area contributed by atoms with Crippen LogP contribution in [0.2, 0.25) is 0 Å². The van der Waals surface area contributed by atoms with Gasteiger partial charge >= 0.3 is 0 Å². The Kier molecular flexibility index (Phi) is 2.59. The topological polar surface area (TPSA) is 30.5 Å². The molecular weight excluding hydrogens is 178 g/mol. The maximum Gasteiger partial charge on any atom is 0.161 e. The van der Waals surface area contributed by atoms with Crippen LogP contribution in [0.15, 0.2) is 24.3 Å². The average molecular weight is 193 g/mol. The van der Waals surface area contributed by atoms with Gasteiger partial charge in [0.25, 0.3) is 0 Å². The van der Waals surface area contributed by atoms with E-state index in [1.54, 1.807) is 0 Å². The molecule has 3 heteroatoms. The van der Waals surface area contributed by atoms with Crippen molar-refractivity contribution in [3.05, 3.63) is 24.3 Å². The Balaban J connectivity index is 2.13. The number of ether oxygens (including phenoxy) is 2. The lowest BCUT2D eigenvalue weighted by Crippen LogP contribution is -2.44. The van der Waals surface area contributed by atoms with Gasteiger partial charge in [-0.05, 0) is 26.1 Å². The van der Waals surface area contributed by atoms with E-state index in [0.717, 1.165) is 11.5 Å². The summed E-state index contributed by atoms with van der Waals surface area (Å²) in [7, 11) is 1.93. The molecule has 0 spiro atoms. The smallest absolute Gasteiger partial charge is 0.161 e. The van der Waals surface area contributed by atoms with E-state index in [4.69, 9.17) is 9.47 Å². The number of benzene rings is 1. The number of likely N-dealkylation sites (N-methyl/N-ethyl adjacent to an activating group) is 1. The molecule has 3 nitrogen and oxygen atoms in total. The molecule has 0 saturated heterocycles. The monoisotopic (exact) mass is 193 g/mol. The van der Waals surface area contributed by atoms with Gasteiger partial charge in [-0.1, -0.05) is 12.1 Å². The maximum absolute atomic E-state index is 5.80. The van der Waals surface area contributed by atoms with Gasteiger partial charge in [-0.15, -0.1) is 0 Å². The van der Waals surface area contributed by atoms with Crippen LogP contribution in [-0.4, -0.2) is 25.8 Å². The molecule has 0 amide bonds. The Morgan fingerprint density at radius 1 is 1.36 bits per heavy atom. The first-order valence-electron chi connectivity index (χ1n) is 4.87. The van der Waals surface area contributed by atoms with Gasteiger partial charge in [0.1, 0.15) is 12.7 Å². The Hall–Kier alpha value is -1.22. The fourth-order valence-corrected chi connectivity index (χ4v) is 1.47. The molecule has 1 aromatic rings. The minimum atomic E-state index is 0.0925. The molecule has 1 aliphatic heterocycles. The summed E-state index contributed by atoms with van der Waals surface area (Å²) in [6.45, 7) is 2.70. The van der Waals surface area contributed by atoms with E-state index in [0.29, 0.717) is 12.6 Å². The minimum absolute atomic E-state index is 0.0925. The van der Waals surface area contributed by atoms with Crippen molar-refractivity contribution < 1.29 is 9.47 Å². The molecule has 2 rings (SSSR count). The maximum atomic E-state index is 5.80. The van der Waals surface area contributed by atoms with Gasteiger partial charge in [0.2, 0.25) is 0 Å². The Morgan fingerprint density at radius 2 is 2.07 bits per heavy atom. The second kappa shape index (κ2) is 3.88. The predicted molar refractivity (Wildman–Crippen MR) is 54.9 cm³/mol. The molecule has 2 unspecified atom stereocenters. The van der Waals surface area contributed by atoms with E-state index in [1.165, 1.54) is 0 Å². The molecule has 0 aliphatic carbocycles. The number of hydrogen-bond acceptors (Lipinski definition) is 3. The molecule has 14 heavy (non-hydrogen) atoms. The lowest BCUT2D eigenvalue weighted by molar-refractivity contribution is 0.0688. The number of rotatable bonds is 2. The zero-order valence-corrected chi connectivity index (χ0v) is 8.49. The third-order valence-corrected chi connectivity index (χ3v) is 2.54. The van der Waals surface area contributed by atoms with E-state index < -0.39 is 0 Å². The highest BCUT2D eigenvalue weighted by molar-refractivity contribution is 5.40. The zero-order valence-electron chi connectivity index (χ0n) is 8.49. The summed E-state index contributed by atoms with van der Waals surface area (Å²) in [5.41, 5.74) is 0. The average Bonchev–Trinajstić information content (AvgIpc) is 2.27. The molecule has 2 atom stereocenters. The summed E-state index contributed by atoms with van der Waals surface area (Å²) < 4.78 is 11.4. The normalized spacial score (nSPS) is 21.7. The number of fused-ring (bicyclic) bond motifs is 1. The molecule has 0 bridgehead atoms. The van der Waals surface area contributed by atoms with Crippen molar-refractivity contribution in [2.45, 2.75) is 19.1 Å². The van der Waals surface area contributed by atoms with Crippen LogP contribution < -0.4 is 14.8 Å². The van der Waals surface area contributed by atoms with Crippen LogP contribution in [-0.2, 0) is 0 Å². The quantitative estimate of drug-likeness (QED) is 0.770. The summed E-state index contributed by atoms with van der Waals surface area (Å²) in [6, 6.07) is 8.06. The SMILES string of the molecule is CNC(C)C1COc2ccccc2O1. The summed E-state index contributed by atoms with van der Waals surface area (Å²) >= 11 is 0. The van der Waals surface area contributed by atoms with Crippen molar-refractivity contribution in [3.8, 4) is 11.5 Å². The van der Waals surface area contributed by atoms with E-state index >= 15 is 0 Å². The molecule has 0 aromatic heterocycles. The molecule has 0 saturated carbocycles. The van der Waals surface area contributed by atoms with Crippen LogP contribution in [0.1, 0.15) is 6.92 Å². The van der Waals surface area contributed by atoms with Crippen LogP contribution in [0.5, 0.6) is 11.5 Å².